The van der Waals surface area contributed by atoms with Crippen molar-refractivity contribution in [3.05, 3.63) is 12.1 Å². The van der Waals surface area contributed by atoms with Gasteiger partial charge in [-0.05, 0) is 6.92 Å². The first-order valence-electron chi connectivity index (χ1n) is 3.45. The molecule has 0 bridgehead atoms. The van der Waals surface area contributed by atoms with Crippen molar-refractivity contribution in [3.8, 4) is 0 Å². The molecule has 0 unspecified atom stereocenters. The van der Waals surface area contributed by atoms with E-state index in [2.05, 4.69) is 0 Å². The molecule has 0 aromatic rings. The average Bonchev–Trinajstić information content (AvgIpc) is 2.38. The molecule has 0 aromatic carbocycles. The first-order chi connectivity index (χ1) is 5.27. The maximum Gasteiger partial charge on any atom is 0.357 e. The minimum atomic E-state index is -2.91. The third kappa shape index (κ3) is 2.66. The summed E-state index contributed by atoms with van der Waals surface area (Å²) in [4.78, 5) is 0. The van der Waals surface area contributed by atoms with Crippen LogP contribution in [0.15, 0.2) is 12.1 Å². The highest BCUT2D eigenvalue weighted by Gasteiger charge is 2.26. The standard InChI is InChI=1S/C6H11O4P/c1-2-8-5-6-11(7)9-3-4-10-11/h5-6H,2-4H2,1H3. The molecule has 0 atom stereocenters. The van der Waals surface area contributed by atoms with Gasteiger partial charge in [0.25, 0.3) is 0 Å². The molecule has 0 amide bonds. The van der Waals surface area contributed by atoms with Crippen LogP contribution in [0.3, 0.4) is 0 Å². The van der Waals surface area contributed by atoms with Crippen LogP contribution in [-0.4, -0.2) is 19.8 Å². The summed E-state index contributed by atoms with van der Waals surface area (Å²) >= 11 is 0. The Kier molecular flexibility index (Phi) is 3.12. The molecule has 1 rings (SSSR count). The molecule has 0 N–H and O–H groups in total. The van der Waals surface area contributed by atoms with Gasteiger partial charge in [0.1, 0.15) is 0 Å². The van der Waals surface area contributed by atoms with Crippen molar-refractivity contribution < 1.29 is 18.3 Å². The molecule has 64 valence electrons. The van der Waals surface area contributed by atoms with Crippen molar-refractivity contribution in [2.24, 2.45) is 0 Å². The zero-order chi connectivity index (χ0) is 8.16. The summed E-state index contributed by atoms with van der Waals surface area (Å²) in [6.45, 7) is 3.19. The second-order valence-corrected chi connectivity index (χ2v) is 3.84. The monoisotopic (exact) mass is 178 g/mol. The highest BCUT2D eigenvalue weighted by molar-refractivity contribution is 7.57. The highest BCUT2D eigenvalue weighted by Crippen LogP contribution is 2.52. The van der Waals surface area contributed by atoms with Crippen LogP contribution >= 0.6 is 7.60 Å². The van der Waals surface area contributed by atoms with E-state index >= 15 is 0 Å². The molecular formula is C6H11O4P. The lowest BCUT2D eigenvalue weighted by Gasteiger charge is -2.01. The van der Waals surface area contributed by atoms with E-state index in [1.807, 2.05) is 6.92 Å². The van der Waals surface area contributed by atoms with E-state index in [1.54, 1.807) is 0 Å². The zero-order valence-corrected chi connectivity index (χ0v) is 7.25. The molecule has 1 fully saturated rings. The molecule has 1 aliphatic rings. The molecule has 5 heteroatoms. The van der Waals surface area contributed by atoms with Gasteiger partial charge in [0.15, 0.2) is 0 Å². The molecule has 1 aliphatic heterocycles. The molecule has 0 radical (unpaired) electrons. The van der Waals surface area contributed by atoms with Gasteiger partial charge in [0.05, 0.1) is 31.9 Å². The van der Waals surface area contributed by atoms with Crippen LogP contribution < -0.4 is 0 Å². The van der Waals surface area contributed by atoms with Crippen molar-refractivity contribution >= 4 is 7.60 Å². The van der Waals surface area contributed by atoms with Crippen LogP contribution in [0.4, 0.5) is 0 Å². The Balaban J connectivity index is 2.40. The summed E-state index contributed by atoms with van der Waals surface area (Å²) < 4.78 is 25.8. The molecule has 0 spiro atoms. The van der Waals surface area contributed by atoms with Crippen molar-refractivity contribution in [1.82, 2.24) is 0 Å². The summed E-state index contributed by atoms with van der Waals surface area (Å²) in [6.07, 6.45) is 1.35. The first-order valence-corrected chi connectivity index (χ1v) is 5.06. The van der Waals surface area contributed by atoms with E-state index < -0.39 is 7.60 Å². The number of hydrogen-bond donors (Lipinski definition) is 0. The SMILES string of the molecule is CCOC=CP1(=O)OCCO1. The van der Waals surface area contributed by atoms with E-state index in [9.17, 15) is 4.57 Å². The van der Waals surface area contributed by atoms with Crippen molar-refractivity contribution in [1.29, 1.82) is 0 Å². The Morgan fingerprint density at radius 3 is 2.73 bits per heavy atom. The maximum absolute atomic E-state index is 11.3. The molecular weight excluding hydrogens is 167 g/mol. The van der Waals surface area contributed by atoms with Crippen LogP contribution in [0.2, 0.25) is 0 Å². The molecule has 0 aromatic heterocycles. The average molecular weight is 178 g/mol. The third-order valence-electron chi connectivity index (χ3n) is 1.13. The van der Waals surface area contributed by atoms with Gasteiger partial charge in [-0.15, -0.1) is 0 Å². The van der Waals surface area contributed by atoms with E-state index in [-0.39, 0.29) is 0 Å². The fraction of sp³-hybridized carbons (Fsp3) is 0.667. The fourth-order valence-corrected chi connectivity index (χ4v) is 1.81. The maximum atomic E-state index is 11.3. The Labute approximate surface area is 65.7 Å². The van der Waals surface area contributed by atoms with E-state index in [1.165, 1.54) is 12.1 Å². The van der Waals surface area contributed by atoms with Gasteiger partial charge in [-0.25, -0.2) is 0 Å². The van der Waals surface area contributed by atoms with Crippen molar-refractivity contribution in [2.45, 2.75) is 6.92 Å². The van der Waals surface area contributed by atoms with Crippen LogP contribution in [0.5, 0.6) is 0 Å². The van der Waals surface area contributed by atoms with Crippen LogP contribution in [0, 0.1) is 0 Å². The van der Waals surface area contributed by atoms with Crippen LogP contribution in [0.1, 0.15) is 6.92 Å². The minimum Gasteiger partial charge on any atom is -0.501 e. The summed E-state index contributed by atoms with van der Waals surface area (Å²) in [5.74, 6) is 1.34. The van der Waals surface area contributed by atoms with Crippen LogP contribution in [0.25, 0.3) is 0 Å². The lowest BCUT2D eigenvalue weighted by Crippen LogP contribution is -1.79. The van der Waals surface area contributed by atoms with Crippen molar-refractivity contribution in [2.75, 3.05) is 19.8 Å². The summed E-state index contributed by atoms with van der Waals surface area (Å²) in [5, 5.41) is 0. The Hall–Kier alpha value is -0.310. The van der Waals surface area contributed by atoms with Gasteiger partial charge in [0.2, 0.25) is 0 Å². The second-order valence-electron chi connectivity index (χ2n) is 1.95. The zero-order valence-electron chi connectivity index (χ0n) is 6.36. The fourth-order valence-electron chi connectivity index (χ4n) is 0.666. The lowest BCUT2D eigenvalue weighted by molar-refractivity contribution is 0.268. The second kappa shape index (κ2) is 3.90. The number of hydrogen-bond acceptors (Lipinski definition) is 4. The highest BCUT2D eigenvalue weighted by atomic mass is 31.2. The Bertz CT molecular complexity index is 179. The van der Waals surface area contributed by atoms with E-state index in [4.69, 9.17) is 13.8 Å². The van der Waals surface area contributed by atoms with Gasteiger partial charge in [-0.1, -0.05) is 0 Å². The largest absolute Gasteiger partial charge is 0.501 e. The van der Waals surface area contributed by atoms with Crippen LogP contribution in [-0.2, 0) is 18.3 Å². The van der Waals surface area contributed by atoms with E-state index in [0.717, 1.165) is 0 Å². The van der Waals surface area contributed by atoms with Gasteiger partial charge in [-0.2, -0.15) is 0 Å². The molecule has 0 saturated carbocycles. The number of rotatable bonds is 3. The van der Waals surface area contributed by atoms with E-state index in [0.29, 0.717) is 19.8 Å². The van der Waals surface area contributed by atoms with Crippen molar-refractivity contribution in [3.63, 3.8) is 0 Å². The first kappa shape index (κ1) is 8.78. The predicted molar refractivity (Wildman–Crippen MR) is 40.3 cm³/mol. The van der Waals surface area contributed by atoms with Gasteiger partial charge in [0, 0.05) is 0 Å². The Morgan fingerprint density at radius 2 is 2.18 bits per heavy atom. The molecule has 11 heavy (non-hydrogen) atoms. The van der Waals surface area contributed by atoms with Gasteiger partial charge in [-0.3, -0.25) is 4.57 Å². The smallest absolute Gasteiger partial charge is 0.357 e. The molecule has 0 aliphatic carbocycles. The normalized spacial score (nSPS) is 22.6. The minimum absolute atomic E-state index is 0.397. The third-order valence-corrected chi connectivity index (χ3v) is 2.70. The molecule has 1 saturated heterocycles. The lowest BCUT2D eigenvalue weighted by atomic mass is 10.8. The summed E-state index contributed by atoms with van der Waals surface area (Å²) in [5.41, 5.74) is 0. The summed E-state index contributed by atoms with van der Waals surface area (Å²) in [7, 11) is -2.91. The Morgan fingerprint density at radius 1 is 1.55 bits per heavy atom. The molecule has 4 nitrogen and oxygen atoms in total. The summed E-state index contributed by atoms with van der Waals surface area (Å²) in [6, 6.07) is 0. The predicted octanol–water partition coefficient (Wildman–Crippen LogP) is 1.73. The van der Waals surface area contributed by atoms with Gasteiger partial charge < -0.3 is 13.8 Å². The number of ether oxygens (including phenoxy) is 1. The van der Waals surface area contributed by atoms with Gasteiger partial charge >= 0.3 is 7.60 Å². The topological polar surface area (TPSA) is 44.8 Å². The molecule has 1 heterocycles. The quantitative estimate of drug-likeness (QED) is 0.487.